The first-order valence-corrected chi connectivity index (χ1v) is 6.61. The summed E-state index contributed by atoms with van der Waals surface area (Å²) in [5.74, 6) is 0.701. The fraction of sp³-hybridized carbons (Fsp3) is 0.857. The average Bonchev–Trinajstić information content (AvgIpc) is 2.65. The van der Waals surface area contributed by atoms with Gasteiger partial charge in [-0.3, -0.25) is 9.59 Å². The number of rotatable bonds is 2. The monoisotopic (exact) mass is 238 g/mol. The third-order valence-corrected chi connectivity index (χ3v) is 5.11. The summed E-state index contributed by atoms with van der Waals surface area (Å²) in [4.78, 5) is 23.7. The Labute approximate surface area is 103 Å². The minimum atomic E-state index is -0.130. The third-order valence-electron chi connectivity index (χ3n) is 5.11. The van der Waals surface area contributed by atoms with Crippen molar-refractivity contribution in [3.8, 4) is 0 Å². The van der Waals surface area contributed by atoms with Crippen LogP contribution in [-0.2, 0) is 14.3 Å². The first-order valence-electron chi connectivity index (χ1n) is 6.61. The van der Waals surface area contributed by atoms with Gasteiger partial charge in [0.15, 0.2) is 0 Å². The molecule has 2 fully saturated rings. The van der Waals surface area contributed by atoms with Gasteiger partial charge in [0, 0.05) is 12.3 Å². The van der Waals surface area contributed by atoms with Crippen molar-refractivity contribution in [2.45, 2.75) is 46.0 Å². The molecule has 2 aliphatic carbocycles. The highest BCUT2D eigenvalue weighted by molar-refractivity contribution is 5.83. The van der Waals surface area contributed by atoms with Crippen molar-refractivity contribution in [1.82, 2.24) is 0 Å². The van der Waals surface area contributed by atoms with Gasteiger partial charge in [-0.05, 0) is 37.0 Å². The second-order valence-electron chi connectivity index (χ2n) is 5.87. The number of carbonyl (C=O) groups excluding carboxylic acids is 2. The molecule has 3 nitrogen and oxygen atoms in total. The lowest BCUT2D eigenvalue weighted by Gasteiger charge is -2.41. The first-order chi connectivity index (χ1) is 8.00. The molecule has 0 radical (unpaired) electrons. The van der Waals surface area contributed by atoms with Crippen LogP contribution in [0.2, 0.25) is 0 Å². The fourth-order valence-corrected chi connectivity index (χ4v) is 4.14. The predicted octanol–water partition coefficient (Wildman–Crippen LogP) is 2.58. The molecule has 2 aliphatic rings. The summed E-state index contributed by atoms with van der Waals surface area (Å²) in [5, 5.41) is 0. The lowest BCUT2D eigenvalue weighted by molar-refractivity contribution is -0.150. The summed E-state index contributed by atoms with van der Waals surface area (Å²) in [5.41, 5.74) is 0.0307. The van der Waals surface area contributed by atoms with Gasteiger partial charge in [-0.15, -0.1) is 0 Å². The van der Waals surface area contributed by atoms with Crippen molar-refractivity contribution in [3.63, 3.8) is 0 Å². The Bertz CT molecular complexity index is 336. The van der Waals surface area contributed by atoms with E-state index in [1.807, 2.05) is 6.92 Å². The van der Waals surface area contributed by atoms with Crippen LogP contribution in [0, 0.1) is 23.2 Å². The maximum Gasteiger partial charge on any atom is 0.308 e. The fourth-order valence-electron chi connectivity index (χ4n) is 4.14. The van der Waals surface area contributed by atoms with Crippen molar-refractivity contribution in [2.24, 2.45) is 23.2 Å². The Hall–Kier alpha value is -0.860. The summed E-state index contributed by atoms with van der Waals surface area (Å²) >= 11 is 0. The molecule has 0 N–H and O–H groups in total. The highest BCUT2D eigenvalue weighted by atomic mass is 16.5. The summed E-state index contributed by atoms with van der Waals surface area (Å²) in [6, 6.07) is 0. The normalized spacial score (nSPS) is 38.6. The zero-order valence-corrected chi connectivity index (χ0v) is 11.0. The van der Waals surface area contributed by atoms with E-state index in [1.54, 1.807) is 0 Å². The molecule has 0 spiro atoms. The number of ether oxygens (including phenoxy) is 1. The Kier molecular flexibility index (Phi) is 3.28. The molecule has 96 valence electrons. The number of Topliss-reactive ketones (excluding diaryl/α,β-unsaturated/α-hetero) is 1. The highest BCUT2D eigenvalue weighted by Gasteiger charge is 2.53. The summed E-state index contributed by atoms with van der Waals surface area (Å²) in [6.07, 6.45) is 4.75. The van der Waals surface area contributed by atoms with Crippen LogP contribution in [0.5, 0.6) is 0 Å². The molecule has 2 saturated carbocycles. The van der Waals surface area contributed by atoms with Crippen LogP contribution in [0.1, 0.15) is 46.0 Å². The standard InChI is InChI=1S/C14H22O3/c1-9(13(16)17-3)10-6-7-11-12(15)5-4-8-14(10,11)2/h9-11H,4-8H2,1-3H3/t9-,10+,11?,14+/m0/s1. The van der Waals surface area contributed by atoms with Crippen molar-refractivity contribution >= 4 is 11.8 Å². The van der Waals surface area contributed by atoms with Crippen molar-refractivity contribution in [3.05, 3.63) is 0 Å². The number of ketones is 1. The van der Waals surface area contributed by atoms with Gasteiger partial charge in [-0.1, -0.05) is 13.8 Å². The maximum absolute atomic E-state index is 12.0. The summed E-state index contributed by atoms with van der Waals surface area (Å²) < 4.78 is 4.85. The van der Waals surface area contributed by atoms with Crippen LogP contribution in [0.15, 0.2) is 0 Å². The molecule has 1 unspecified atom stereocenters. The molecule has 17 heavy (non-hydrogen) atoms. The molecule has 3 heteroatoms. The maximum atomic E-state index is 12.0. The van der Waals surface area contributed by atoms with Gasteiger partial charge in [0.05, 0.1) is 13.0 Å². The van der Waals surface area contributed by atoms with E-state index in [-0.39, 0.29) is 23.2 Å². The molecule has 2 rings (SSSR count). The van der Waals surface area contributed by atoms with E-state index in [4.69, 9.17) is 4.74 Å². The van der Waals surface area contributed by atoms with E-state index >= 15 is 0 Å². The number of hydrogen-bond donors (Lipinski definition) is 0. The molecule has 0 amide bonds. The zero-order valence-electron chi connectivity index (χ0n) is 11.0. The van der Waals surface area contributed by atoms with Gasteiger partial charge in [0.1, 0.15) is 5.78 Å². The lowest BCUT2D eigenvalue weighted by atomic mass is 9.62. The highest BCUT2D eigenvalue weighted by Crippen LogP contribution is 2.56. The van der Waals surface area contributed by atoms with Gasteiger partial charge >= 0.3 is 5.97 Å². The molecule has 0 aliphatic heterocycles. The Balaban J connectivity index is 2.21. The van der Waals surface area contributed by atoms with Gasteiger partial charge in [0.2, 0.25) is 0 Å². The summed E-state index contributed by atoms with van der Waals surface area (Å²) in [7, 11) is 1.44. The quantitative estimate of drug-likeness (QED) is 0.694. The summed E-state index contributed by atoms with van der Waals surface area (Å²) in [6.45, 7) is 4.15. The minimum absolute atomic E-state index is 0.0307. The largest absolute Gasteiger partial charge is 0.469 e. The van der Waals surface area contributed by atoms with Crippen molar-refractivity contribution in [2.75, 3.05) is 7.11 Å². The van der Waals surface area contributed by atoms with E-state index in [9.17, 15) is 9.59 Å². The first kappa shape index (κ1) is 12.6. The number of carbonyl (C=O) groups is 2. The second kappa shape index (κ2) is 4.43. The zero-order chi connectivity index (χ0) is 12.6. The molecule has 4 atom stereocenters. The van der Waals surface area contributed by atoms with Crippen LogP contribution in [0.4, 0.5) is 0 Å². The van der Waals surface area contributed by atoms with E-state index in [0.717, 1.165) is 32.1 Å². The van der Waals surface area contributed by atoms with Crippen molar-refractivity contribution in [1.29, 1.82) is 0 Å². The molecule has 0 aromatic heterocycles. The van der Waals surface area contributed by atoms with Crippen LogP contribution in [0.3, 0.4) is 0 Å². The third kappa shape index (κ3) is 1.90. The van der Waals surface area contributed by atoms with E-state index in [0.29, 0.717) is 11.7 Å². The molecule has 0 aromatic carbocycles. The van der Waals surface area contributed by atoms with Crippen LogP contribution >= 0.6 is 0 Å². The number of methoxy groups -OCH3 is 1. The van der Waals surface area contributed by atoms with Gasteiger partial charge in [-0.25, -0.2) is 0 Å². The van der Waals surface area contributed by atoms with Crippen LogP contribution < -0.4 is 0 Å². The molecular weight excluding hydrogens is 216 g/mol. The number of esters is 1. The Morgan fingerprint density at radius 1 is 1.47 bits per heavy atom. The smallest absolute Gasteiger partial charge is 0.308 e. The predicted molar refractivity (Wildman–Crippen MR) is 64.4 cm³/mol. The van der Waals surface area contributed by atoms with Gasteiger partial charge < -0.3 is 4.74 Å². The number of hydrogen-bond acceptors (Lipinski definition) is 3. The SMILES string of the molecule is COC(=O)[C@@H](C)[C@H]1CCC2C(=O)CCC[C@@]21C. The molecule has 0 saturated heterocycles. The molecule has 0 aromatic rings. The Morgan fingerprint density at radius 3 is 2.82 bits per heavy atom. The molecule has 0 heterocycles. The van der Waals surface area contributed by atoms with Crippen molar-refractivity contribution < 1.29 is 14.3 Å². The minimum Gasteiger partial charge on any atom is -0.469 e. The van der Waals surface area contributed by atoms with Gasteiger partial charge in [0.25, 0.3) is 0 Å². The molecule has 0 bridgehead atoms. The second-order valence-corrected chi connectivity index (χ2v) is 5.87. The average molecular weight is 238 g/mol. The van der Waals surface area contributed by atoms with Gasteiger partial charge in [-0.2, -0.15) is 0 Å². The lowest BCUT2D eigenvalue weighted by Crippen LogP contribution is -2.41. The molecular formula is C14H22O3. The van der Waals surface area contributed by atoms with Crippen LogP contribution in [-0.4, -0.2) is 18.9 Å². The topological polar surface area (TPSA) is 43.4 Å². The van der Waals surface area contributed by atoms with E-state index in [1.165, 1.54) is 7.11 Å². The number of fused-ring (bicyclic) bond motifs is 1. The van der Waals surface area contributed by atoms with E-state index in [2.05, 4.69) is 6.92 Å². The Morgan fingerprint density at radius 2 is 2.18 bits per heavy atom. The van der Waals surface area contributed by atoms with E-state index < -0.39 is 0 Å². The van der Waals surface area contributed by atoms with Crippen LogP contribution in [0.25, 0.3) is 0 Å².